The standard InChI is InChI=1S/C16H24N2O/c1-12-6-7-14(9-13(12)2)11-18(3)16(19)15-5-4-8-17-10-15/h6-7,9,15,17H,4-5,8,10-11H2,1-3H3. The van der Waals surface area contributed by atoms with Crippen molar-refractivity contribution in [2.45, 2.75) is 33.2 Å². The van der Waals surface area contributed by atoms with Gasteiger partial charge in [0.25, 0.3) is 0 Å². The maximum Gasteiger partial charge on any atom is 0.227 e. The lowest BCUT2D eigenvalue weighted by Crippen LogP contribution is -2.41. The third-order valence-corrected chi connectivity index (χ3v) is 4.01. The van der Waals surface area contributed by atoms with Crippen molar-refractivity contribution in [2.75, 3.05) is 20.1 Å². The molecule has 3 nitrogen and oxygen atoms in total. The van der Waals surface area contributed by atoms with Gasteiger partial charge in [-0.1, -0.05) is 18.2 Å². The van der Waals surface area contributed by atoms with Gasteiger partial charge < -0.3 is 10.2 Å². The quantitative estimate of drug-likeness (QED) is 0.904. The molecule has 1 aromatic rings. The average molecular weight is 260 g/mol. The molecule has 0 saturated carbocycles. The summed E-state index contributed by atoms with van der Waals surface area (Å²) in [5, 5.41) is 3.30. The van der Waals surface area contributed by atoms with Crippen molar-refractivity contribution in [3.63, 3.8) is 0 Å². The highest BCUT2D eigenvalue weighted by Crippen LogP contribution is 2.16. The maximum atomic E-state index is 12.3. The van der Waals surface area contributed by atoms with Crippen molar-refractivity contribution in [3.8, 4) is 0 Å². The van der Waals surface area contributed by atoms with Crippen LogP contribution in [0.3, 0.4) is 0 Å². The van der Waals surface area contributed by atoms with Crippen LogP contribution in [0, 0.1) is 19.8 Å². The molecule has 0 aromatic heterocycles. The first-order valence-corrected chi connectivity index (χ1v) is 7.10. The molecule has 1 saturated heterocycles. The summed E-state index contributed by atoms with van der Waals surface area (Å²) in [6.07, 6.45) is 2.12. The Bertz CT molecular complexity index is 450. The minimum Gasteiger partial charge on any atom is -0.341 e. The second-order valence-corrected chi connectivity index (χ2v) is 5.66. The summed E-state index contributed by atoms with van der Waals surface area (Å²) in [4.78, 5) is 14.2. The highest BCUT2D eigenvalue weighted by atomic mass is 16.2. The highest BCUT2D eigenvalue weighted by Gasteiger charge is 2.23. The molecule has 1 aromatic carbocycles. The zero-order valence-corrected chi connectivity index (χ0v) is 12.2. The van der Waals surface area contributed by atoms with Crippen molar-refractivity contribution >= 4 is 5.91 Å². The Morgan fingerprint density at radius 3 is 2.79 bits per heavy atom. The number of hydrogen-bond donors (Lipinski definition) is 1. The minimum absolute atomic E-state index is 0.158. The number of rotatable bonds is 3. The maximum absolute atomic E-state index is 12.3. The first-order valence-electron chi connectivity index (χ1n) is 7.10. The molecule has 1 amide bonds. The summed E-state index contributed by atoms with van der Waals surface area (Å²) in [6, 6.07) is 6.43. The van der Waals surface area contributed by atoms with Crippen LogP contribution in [0.4, 0.5) is 0 Å². The molecule has 1 heterocycles. The van der Waals surface area contributed by atoms with E-state index in [0.29, 0.717) is 6.54 Å². The Morgan fingerprint density at radius 2 is 2.16 bits per heavy atom. The monoisotopic (exact) mass is 260 g/mol. The number of benzene rings is 1. The molecular weight excluding hydrogens is 236 g/mol. The summed E-state index contributed by atoms with van der Waals surface area (Å²) in [5.74, 6) is 0.427. The van der Waals surface area contributed by atoms with Crippen molar-refractivity contribution in [1.29, 1.82) is 0 Å². The second kappa shape index (κ2) is 6.20. The van der Waals surface area contributed by atoms with Crippen LogP contribution in [-0.4, -0.2) is 30.9 Å². The molecule has 0 spiro atoms. The van der Waals surface area contributed by atoms with Crippen molar-refractivity contribution in [3.05, 3.63) is 34.9 Å². The van der Waals surface area contributed by atoms with Crippen LogP contribution in [0.25, 0.3) is 0 Å². The normalized spacial score (nSPS) is 19.2. The number of piperidine rings is 1. The summed E-state index contributed by atoms with van der Waals surface area (Å²) in [6.45, 7) is 6.81. The summed E-state index contributed by atoms with van der Waals surface area (Å²) < 4.78 is 0. The fraction of sp³-hybridized carbons (Fsp3) is 0.562. The highest BCUT2D eigenvalue weighted by molar-refractivity contribution is 5.78. The molecule has 1 atom stereocenters. The molecule has 104 valence electrons. The Hall–Kier alpha value is -1.35. The zero-order chi connectivity index (χ0) is 13.8. The van der Waals surface area contributed by atoms with E-state index in [1.54, 1.807) is 0 Å². The Labute approximate surface area is 116 Å². The molecule has 1 fully saturated rings. The molecule has 1 aliphatic rings. The summed E-state index contributed by atoms with van der Waals surface area (Å²) in [7, 11) is 1.91. The lowest BCUT2D eigenvalue weighted by Gasteiger charge is -2.27. The van der Waals surface area contributed by atoms with Gasteiger partial charge in [0.2, 0.25) is 5.91 Å². The van der Waals surface area contributed by atoms with Crippen LogP contribution in [0.5, 0.6) is 0 Å². The minimum atomic E-state index is 0.158. The molecule has 1 unspecified atom stereocenters. The Kier molecular flexibility index (Phi) is 4.59. The van der Waals surface area contributed by atoms with Gasteiger partial charge in [-0.05, 0) is 49.9 Å². The van der Waals surface area contributed by atoms with Crippen LogP contribution < -0.4 is 5.32 Å². The van der Waals surface area contributed by atoms with Crippen LogP contribution in [0.2, 0.25) is 0 Å². The fourth-order valence-corrected chi connectivity index (χ4v) is 2.63. The molecule has 0 aliphatic carbocycles. The predicted molar refractivity (Wildman–Crippen MR) is 78.0 cm³/mol. The lowest BCUT2D eigenvalue weighted by atomic mass is 9.98. The molecule has 2 rings (SSSR count). The molecule has 19 heavy (non-hydrogen) atoms. The van der Waals surface area contributed by atoms with Gasteiger partial charge in [-0.3, -0.25) is 4.79 Å². The summed E-state index contributed by atoms with van der Waals surface area (Å²) in [5.41, 5.74) is 3.80. The van der Waals surface area contributed by atoms with Crippen LogP contribution in [0.15, 0.2) is 18.2 Å². The van der Waals surface area contributed by atoms with E-state index >= 15 is 0 Å². The first-order chi connectivity index (χ1) is 9.08. The smallest absolute Gasteiger partial charge is 0.227 e. The number of nitrogens with one attached hydrogen (secondary N) is 1. The van der Waals surface area contributed by atoms with Gasteiger partial charge in [-0.2, -0.15) is 0 Å². The van der Waals surface area contributed by atoms with E-state index in [4.69, 9.17) is 0 Å². The van der Waals surface area contributed by atoms with Crippen LogP contribution in [0.1, 0.15) is 29.5 Å². The first kappa shape index (κ1) is 14.1. The van der Waals surface area contributed by atoms with Gasteiger partial charge in [0, 0.05) is 20.1 Å². The number of nitrogens with zero attached hydrogens (tertiary/aromatic N) is 1. The van der Waals surface area contributed by atoms with E-state index in [2.05, 4.69) is 37.4 Å². The Balaban J connectivity index is 1.97. The molecule has 1 N–H and O–H groups in total. The third kappa shape index (κ3) is 3.57. The van der Waals surface area contributed by atoms with Crippen molar-refractivity contribution in [2.24, 2.45) is 5.92 Å². The van der Waals surface area contributed by atoms with E-state index in [0.717, 1.165) is 25.9 Å². The number of hydrogen-bond acceptors (Lipinski definition) is 2. The molecular formula is C16H24N2O. The van der Waals surface area contributed by atoms with Gasteiger partial charge in [0.15, 0.2) is 0 Å². The van der Waals surface area contributed by atoms with E-state index in [1.807, 2.05) is 11.9 Å². The number of carbonyl (C=O) groups is 1. The zero-order valence-electron chi connectivity index (χ0n) is 12.2. The largest absolute Gasteiger partial charge is 0.341 e. The number of carbonyl (C=O) groups excluding carboxylic acids is 1. The van der Waals surface area contributed by atoms with E-state index < -0.39 is 0 Å². The number of amides is 1. The van der Waals surface area contributed by atoms with Gasteiger partial charge in [0.1, 0.15) is 0 Å². The second-order valence-electron chi connectivity index (χ2n) is 5.66. The van der Waals surface area contributed by atoms with E-state index in [9.17, 15) is 4.79 Å². The van der Waals surface area contributed by atoms with Gasteiger partial charge in [-0.25, -0.2) is 0 Å². The summed E-state index contributed by atoms with van der Waals surface area (Å²) >= 11 is 0. The third-order valence-electron chi connectivity index (χ3n) is 4.01. The molecule has 0 bridgehead atoms. The number of aryl methyl sites for hydroxylation is 2. The van der Waals surface area contributed by atoms with Gasteiger partial charge in [-0.15, -0.1) is 0 Å². The Morgan fingerprint density at radius 1 is 1.37 bits per heavy atom. The van der Waals surface area contributed by atoms with E-state index in [-0.39, 0.29) is 11.8 Å². The van der Waals surface area contributed by atoms with Crippen molar-refractivity contribution in [1.82, 2.24) is 10.2 Å². The average Bonchev–Trinajstić information content (AvgIpc) is 2.43. The van der Waals surface area contributed by atoms with E-state index in [1.165, 1.54) is 16.7 Å². The molecule has 1 aliphatic heterocycles. The van der Waals surface area contributed by atoms with Crippen molar-refractivity contribution < 1.29 is 4.79 Å². The van der Waals surface area contributed by atoms with Gasteiger partial charge >= 0.3 is 0 Å². The fourth-order valence-electron chi connectivity index (χ4n) is 2.63. The lowest BCUT2D eigenvalue weighted by molar-refractivity contribution is -0.135. The molecule has 3 heteroatoms. The van der Waals surface area contributed by atoms with Crippen LogP contribution >= 0.6 is 0 Å². The molecule has 0 radical (unpaired) electrons. The topological polar surface area (TPSA) is 32.3 Å². The van der Waals surface area contributed by atoms with Crippen LogP contribution in [-0.2, 0) is 11.3 Å². The van der Waals surface area contributed by atoms with Gasteiger partial charge in [0.05, 0.1) is 5.92 Å². The SMILES string of the molecule is Cc1ccc(CN(C)C(=O)C2CCCNC2)cc1C. The predicted octanol–water partition coefficient (Wildman–Crippen LogP) is 2.26.